The maximum atomic E-state index is 12.3. The minimum absolute atomic E-state index is 0.0974. The molecule has 0 aliphatic rings. The highest BCUT2D eigenvalue weighted by Gasteiger charge is 2.38. The van der Waals surface area contributed by atoms with E-state index in [1.807, 2.05) is 0 Å². The van der Waals surface area contributed by atoms with Gasteiger partial charge in [0.1, 0.15) is 12.1 Å². The van der Waals surface area contributed by atoms with E-state index in [2.05, 4.69) is 27.7 Å². The SMILES string of the molecule is CCCCCC(=O)C(C=O)C(CC)(CC)CCC. The maximum Gasteiger partial charge on any atom is 0.143 e. The smallest absolute Gasteiger partial charge is 0.143 e. The summed E-state index contributed by atoms with van der Waals surface area (Å²) < 4.78 is 0. The number of Topliss-reactive ketones (excluding diaryl/α,β-unsaturated/α-hetero) is 1. The Morgan fingerprint density at radius 3 is 2.06 bits per heavy atom. The van der Waals surface area contributed by atoms with Gasteiger partial charge in [-0.1, -0.05) is 47.0 Å². The van der Waals surface area contributed by atoms with Crippen molar-refractivity contribution in [1.82, 2.24) is 0 Å². The predicted molar refractivity (Wildman–Crippen MR) is 76.6 cm³/mol. The van der Waals surface area contributed by atoms with Gasteiger partial charge >= 0.3 is 0 Å². The van der Waals surface area contributed by atoms with Gasteiger partial charge in [0.05, 0.1) is 5.92 Å². The third kappa shape index (κ3) is 4.55. The first-order valence-electron chi connectivity index (χ1n) is 7.59. The van der Waals surface area contributed by atoms with Crippen molar-refractivity contribution in [2.75, 3.05) is 0 Å². The van der Waals surface area contributed by atoms with E-state index in [1.54, 1.807) is 0 Å². The van der Waals surface area contributed by atoms with Crippen LogP contribution >= 0.6 is 0 Å². The molecule has 0 aromatic carbocycles. The second kappa shape index (κ2) is 9.29. The van der Waals surface area contributed by atoms with Gasteiger partial charge in [0.25, 0.3) is 0 Å². The lowest BCUT2D eigenvalue weighted by Gasteiger charge is -2.36. The first-order chi connectivity index (χ1) is 8.61. The molecule has 2 heteroatoms. The number of rotatable bonds is 11. The number of hydrogen-bond acceptors (Lipinski definition) is 2. The molecule has 0 rings (SSSR count). The lowest BCUT2D eigenvalue weighted by atomic mass is 9.67. The second-order valence-electron chi connectivity index (χ2n) is 5.36. The van der Waals surface area contributed by atoms with Gasteiger partial charge in [0.15, 0.2) is 0 Å². The summed E-state index contributed by atoms with van der Waals surface area (Å²) in [5.41, 5.74) is -0.0974. The van der Waals surface area contributed by atoms with Crippen LogP contribution in [0.5, 0.6) is 0 Å². The van der Waals surface area contributed by atoms with Gasteiger partial charge in [-0.2, -0.15) is 0 Å². The molecule has 18 heavy (non-hydrogen) atoms. The highest BCUT2D eigenvalue weighted by atomic mass is 16.1. The number of carbonyl (C=O) groups excluding carboxylic acids is 2. The van der Waals surface area contributed by atoms with Crippen molar-refractivity contribution in [2.45, 2.75) is 79.1 Å². The van der Waals surface area contributed by atoms with Crippen molar-refractivity contribution < 1.29 is 9.59 Å². The summed E-state index contributed by atoms with van der Waals surface area (Å²) in [6.45, 7) is 8.47. The standard InChI is InChI=1S/C16H30O2/c1-5-9-10-11-15(18)14(13-17)16(7-3,8-4)12-6-2/h13-14H,5-12H2,1-4H3. The summed E-state index contributed by atoms with van der Waals surface area (Å²) >= 11 is 0. The quantitative estimate of drug-likeness (QED) is 0.308. The molecule has 0 aromatic rings. The Kier molecular flexibility index (Phi) is 8.95. The van der Waals surface area contributed by atoms with Gasteiger partial charge in [0, 0.05) is 6.42 Å². The summed E-state index contributed by atoms with van der Waals surface area (Å²) in [7, 11) is 0. The summed E-state index contributed by atoms with van der Waals surface area (Å²) in [4.78, 5) is 23.7. The van der Waals surface area contributed by atoms with Crippen molar-refractivity contribution in [3.05, 3.63) is 0 Å². The average molecular weight is 254 g/mol. The minimum Gasteiger partial charge on any atom is -0.303 e. The summed E-state index contributed by atoms with van der Waals surface area (Å²) in [5.74, 6) is -0.222. The molecule has 0 fully saturated rings. The number of aldehydes is 1. The molecule has 0 bridgehead atoms. The molecule has 106 valence electrons. The zero-order valence-corrected chi connectivity index (χ0v) is 12.6. The Labute approximate surface area is 113 Å². The molecule has 1 atom stereocenters. The molecule has 0 saturated heterocycles. The first-order valence-corrected chi connectivity index (χ1v) is 7.59. The Hall–Kier alpha value is -0.660. The number of carbonyl (C=O) groups is 2. The van der Waals surface area contributed by atoms with Gasteiger partial charge < -0.3 is 4.79 Å². The van der Waals surface area contributed by atoms with Crippen molar-refractivity contribution in [3.8, 4) is 0 Å². The zero-order chi connectivity index (χ0) is 14.0. The molecule has 0 radical (unpaired) electrons. The Morgan fingerprint density at radius 2 is 1.67 bits per heavy atom. The van der Waals surface area contributed by atoms with Crippen LogP contribution in [0.15, 0.2) is 0 Å². The molecule has 0 spiro atoms. The minimum atomic E-state index is -0.385. The van der Waals surface area contributed by atoms with Crippen LogP contribution in [0.25, 0.3) is 0 Å². The molecule has 0 aliphatic carbocycles. The van der Waals surface area contributed by atoms with Crippen LogP contribution in [0.4, 0.5) is 0 Å². The molecule has 0 aliphatic heterocycles. The van der Waals surface area contributed by atoms with Gasteiger partial charge in [-0.15, -0.1) is 0 Å². The highest BCUT2D eigenvalue weighted by Crippen LogP contribution is 2.40. The molecule has 2 nitrogen and oxygen atoms in total. The lowest BCUT2D eigenvalue weighted by molar-refractivity contribution is -0.133. The van der Waals surface area contributed by atoms with E-state index in [-0.39, 0.29) is 17.1 Å². The third-order valence-electron chi connectivity index (χ3n) is 4.33. The Bertz CT molecular complexity index is 241. The zero-order valence-electron chi connectivity index (χ0n) is 12.6. The van der Waals surface area contributed by atoms with Crippen LogP contribution in [0.2, 0.25) is 0 Å². The first kappa shape index (κ1) is 17.3. The summed E-state index contributed by atoms with van der Waals surface area (Å²) in [6, 6.07) is 0. The number of ketones is 1. The van der Waals surface area contributed by atoms with E-state index in [0.29, 0.717) is 6.42 Å². The summed E-state index contributed by atoms with van der Waals surface area (Å²) in [6.07, 6.45) is 8.45. The maximum absolute atomic E-state index is 12.3. The molecule has 0 aromatic heterocycles. The van der Waals surface area contributed by atoms with Crippen LogP contribution in [0, 0.1) is 11.3 Å². The van der Waals surface area contributed by atoms with Gasteiger partial charge in [-0.3, -0.25) is 4.79 Å². The van der Waals surface area contributed by atoms with Gasteiger partial charge in [-0.05, 0) is 31.1 Å². The third-order valence-corrected chi connectivity index (χ3v) is 4.33. The van der Waals surface area contributed by atoms with E-state index < -0.39 is 0 Å². The van der Waals surface area contributed by atoms with Crippen LogP contribution in [0.1, 0.15) is 79.1 Å². The van der Waals surface area contributed by atoms with Crippen molar-refractivity contribution in [2.24, 2.45) is 11.3 Å². The summed E-state index contributed by atoms with van der Waals surface area (Å²) in [5, 5.41) is 0. The molecule has 0 amide bonds. The highest BCUT2D eigenvalue weighted by molar-refractivity contribution is 5.94. The van der Waals surface area contributed by atoms with Crippen LogP contribution < -0.4 is 0 Å². The van der Waals surface area contributed by atoms with E-state index in [1.165, 1.54) is 0 Å². The normalized spacial score (nSPS) is 13.3. The fourth-order valence-corrected chi connectivity index (χ4v) is 2.96. The Morgan fingerprint density at radius 1 is 1.06 bits per heavy atom. The van der Waals surface area contributed by atoms with E-state index in [9.17, 15) is 9.59 Å². The predicted octanol–water partition coefficient (Wildman–Crippen LogP) is 4.56. The fourth-order valence-electron chi connectivity index (χ4n) is 2.96. The largest absolute Gasteiger partial charge is 0.303 e. The average Bonchev–Trinajstić information content (AvgIpc) is 2.38. The molecule has 0 heterocycles. The van der Waals surface area contributed by atoms with Crippen molar-refractivity contribution in [1.29, 1.82) is 0 Å². The molecular formula is C16H30O2. The fraction of sp³-hybridized carbons (Fsp3) is 0.875. The van der Waals surface area contributed by atoms with E-state index >= 15 is 0 Å². The van der Waals surface area contributed by atoms with Gasteiger partial charge in [0.2, 0.25) is 0 Å². The second-order valence-corrected chi connectivity index (χ2v) is 5.36. The van der Waals surface area contributed by atoms with Crippen LogP contribution in [0.3, 0.4) is 0 Å². The molecular weight excluding hydrogens is 224 g/mol. The van der Waals surface area contributed by atoms with Gasteiger partial charge in [-0.25, -0.2) is 0 Å². The monoisotopic (exact) mass is 254 g/mol. The number of hydrogen-bond donors (Lipinski definition) is 0. The Balaban J connectivity index is 4.78. The van der Waals surface area contributed by atoms with E-state index in [4.69, 9.17) is 0 Å². The topological polar surface area (TPSA) is 34.1 Å². The molecule has 1 unspecified atom stereocenters. The van der Waals surface area contributed by atoms with Crippen molar-refractivity contribution >= 4 is 12.1 Å². The van der Waals surface area contributed by atoms with E-state index in [0.717, 1.165) is 51.2 Å². The molecule has 0 N–H and O–H groups in total. The van der Waals surface area contributed by atoms with Crippen LogP contribution in [-0.2, 0) is 9.59 Å². The lowest BCUT2D eigenvalue weighted by Crippen LogP contribution is -2.36. The van der Waals surface area contributed by atoms with Crippen LogP contribution in [-0.4, -0.2) is 12.1 Å². The number of unbranched alkanes of at least 4 members (excludes halogenated alkanes) is 2. The molecule has 0 saturated carbocycles. The van der Waals surface area contributed by atoms with Crippen molar-refractivity contribution in [3.63, 3.8) is 0 Å².